The third-order valence-electron chi connectivity index (χ3n) is 2.46. The average molecular weight is 270 g/mol. The van der Waals surface area contributed by atoms with Crippen LogP contribution in [0.25, 0.3) is 0 Å². The third kappa shape index (κ3) is 2.57. The van der Waals surface area contributed by atoms with Crippen LogP contribution in [0, 0.1) is 6.92 Å². The Balaban J connectivity index is 2.14. The van der Waals surface area contributed by atoms with Gasteiger partial charge >= 0.3 is 0 Å². The molecule has 0 radical (unpaired) electrons. The van der Waals surface area contributed by atoms with Gasteiger partial charge in [0, 0.05) is 12.7 Å². The van der Waals surface area contributed by atoms with Crippen molar-refractivity contribution in [1.29, 1.82) is 0 Å². The normalized spacial score (nSPS) is 11.9. The first kappa shape index (κ1) is 12.7. The molecule has 2 rings (SSSR count). The van der Waals surface area contributed by atoms with E-state index in [0.717, 1.165) is 0 Å². The van der Waals surface area contributed by atoms with Crippen molar-refractivity contribution in [1.82, 2.24) is 29.5 Å². The summed E-state index contributed by atoms with van der Waals surface area (Å²) in [5.74, 6) is 1.11. The molecule has 0 fully saturated rings. The second-order valence-electron chi connectivity index (χ2n) is 3.67. The van der Waals surface area contributed by atoms with Crippen molar-refractivity contribution in [2.75, 3.05) is 0 Å². The molecule has 0 bridgehead atoms. The summed E-state index contributed by atoms with van der Waals surface area (Å²) in [7, 11) is -3.62. The van der Waals surface area contributed by atoms with Crippen LogP contribution < -0.4 is 4.72 Å². The van der Waals surface area contributed by atoms with Crippen molar-refractivity contribution in [2.24, 2.45) is 0 Å². The lowest BCUT2D eigenvalue weighted by Crippen LogP contribution is -2.24. The molecule has 0 atom stereocenters. The van der Waals surface area contributed by atoms with Crippen molar-refractivity contribution in [3.63, 3.8) is 0 Å². The second kappa shape index (κ2) is 4.86. The monoisotopic (exact) mass is 270 g/mol. The highest BCUT2D eigenvalue weighted by Gasteiger charge is 2.18. The molecule has 98 valence electrons. The van der Waals surface area contributed by atoms with Crippen LogP contribution in [-0.4, -0.2) is 33.2 Å². The molecule has 0 aliphatic heterocycles. The van der Waals surface area contributed by atoms with Gasteiger partial charge in [-0.25, -0.2) is 23.1 Å². The van der Waals surface area contributed by atoms with E-state index in [-0.39, 0.29) is 11.6 Å². The Morgan fingerprint density at radius 1 is 1.50 bits per heavy atom. The van der Waals surface area contributed by atoms with Crippen LogP contribution >= 0.6 is 0 Å². The zero-order valence-corrected chi connectivity index (χ0v) is 10.9. The van der Waals surface area contributed by atoms with Crippen molar-refractivity contribution < 1.29 is 8.42 Å². The maximum atomic E-state index is 12.0. The lowest BCUT2D eigenvalue weighted by molar-refractivity contribution is 0.576. The van der Waals surface area contributed by atoms with E-state index in [2.05, 4.69) is 24.9 Å². The van der Waals surface area contributed by atoms with E-state index in [9.17, 15) is 8.42 Å². The number of rotatable bonds is 5. The molecule has 2 N–H and O–H groups in total. The standard InChI is InChI=1S/C9H14N6O2S/c1-3-15-5-9(13-7(15)2)18(16,17)12-4-8-10-6-11-14-8/h5-6,12H,3-4H2,1-2H3,(H,10,11,14). The summed E-state index contributed by atoms with van der Waals surface area (Å²) in [6.45, 7) is 4.42. The molecule has 0 saturated carbocycles. The quantitative estimate of drug-likeness (QED) is 0.783. The Kier molecular flexibility index (Phi) is 3.43. The molecule has 0 aliphatic rings. The van der Waals surface area contributed by atoms with Gasteiger partial charge in [-0.1, -0.05) is 0 Å². The summed E-state index contributed by atoms with van der Waals surface area (Å²) in [6, 6.07) is 0. The smallest absolute Gasteiger partial charge is 0.259 e. The summed E-state index contributed by atoms with van der Waals surface area (Å²) < 4.78 is 28.1. The van der Waals surface area contributed by atoms with Gasteiger partial charge in [0.2, 0.25) is 0 Å². The average Bonchev–Trinajstić information content (AvgIpc) is 2.95. The summed E-state index contributed by atoms with van der Waals surface area (Å²) in [6.07, 6.45) is 2.83. The van der Waals surface area contributed by atoms with Crippen molar-refractivity contribution in [2.45, 2.75) is 32.0 Å². The number of aryl methyl sites for hydroxylation is 2. The fourth-order valence-corrected chi connectivity index (χ4v) is 2.48. The van der Waals surface area contributed by atoms with Gasteiger partial charge in [0.1, 0.15) is 18.0 Å². The van der Waals surface area contributed by atoms with Crippen molar-refractivity contribution >= 4 is 10.0 Å². The van der Waals surface area contributed by atoms with Crippen molar-refractivity contribution in [3.8, 4) is 0 Å². The number of hydrogen-bond donors (Lipinski definition) is 2. The molecule has 8 nitrogen and oxygen atoms in total. The SMILES string of the molecule is CCn1cc(S(=O)(=O)NCc2ncn[nH]2)nc1C. The fraction of sp³-hybridized carbons (Fsp3) is 0.444. The van der Waals surface area contributed by atoms with Crippen LogP contribution in [0.15, 0.2) is 17.6 Å². The number of hydrogen-bond acceptors (Lipinski definition) is 5. The van der Waals surface area contributed by atoms with Gasteiger partial charge in [0.15, 0.2) is 5.03 Å². The van der Waals surface area contributed by atoms with E-state index >= 15 is 0 Å². The molecule has 18 heavy (non-hydrogen) atoms. The highest BCUT2D eigenvalue weighted by Crippen LogP contribution is 2.09. The molecule has 0 aliphatic carbocycles. The lowest BCUT2D eigenvalue weighted by atomic mass is 10.6. The maximum Gasteiger partial charge on any atom is 0.259 e. The first-order valence-corrected chi connectivity index (χ1v) is 6.89. The number of aromatic amines is 1. The number of sulfonamides is 1. The molecule has 2 aromatic heterocycles. The molecule has 0 spiro atoms. The molecular weight excluding hydrogens is 256 g/mol. The number of imidazole rings is 1. The number of nitrogens with one attached hydrogen (secondary N) is 2. The Morgan fingerprint density at radius 2 is 2.28 bits per heavy atom. The Hall–Kier alpha value is -1.74. The van der Waals surface area contributed by atoms with Crippen LogP contribution in [0.2, 0.25) is 0 Å². The highest BCUT2D eigenvalue weighted by atomic mass is 32.2. The Labute approximate surface area is 105 Å². The second-order valence-corrected chi connectivity index (χ2v) is 5.38. The minimum absolute atomic E-state index is 0.0152. The summed E-state index contributed by atoms with van der Waals surface area (Å²) in [5.41, 5.74) is 0. The first-order chi connectivity index (χ1) is 8.53. The summed E-state index contributed by atoms with van der Waals surface area (Å²) in [5, 5.41) is 6.23. The molecule has 0 aromatic carbocycles. The number of nitrogens with zero attached hydrogens (tertiary/aromatic N) is 4. The number of aromatic nitrogens is 5. The van der Waals surface area contributed by atoms with E-state index in [1.807, 2.05) is 6.92 Å². The van der Waals surface area contributed by atoms with Crippen LogP contribution in [0.1, 0.15) is 18.6 Å². The Morgan fingerprint density at radius 3 is 2.83 bits per heavy atom. The molecule has 0 saturated heterocycles. The van der Waals surface area contributed by atoms with Crippen LogP contribution in [0.4, 0.5) is 0 Å². The minimum Gasteiger partial charge on any atom is -0.334 e. The van der Waals surface area contributed by atoms with Gasteiger partial charge in [-0.2, -0.15) is 5.10 Å². The molecule has 9 heteroatoms. The van der Waals surface area contributed by atoms with E-state index < -0.39 is 10.0 Å². The van der Waals surface area contributed by atoms with Gasteiger partial charge < -0.3 is 4.57 Å². The zero-order valence-electron chi connectivity index (χ0n) is 10.1. The van der Waals surface area contributed by atoms with E-state index in [1.54, 1.807) is 11.5 Å². The zero-order chi connectivity index (χ0) is 13.2. The maximum absolute atomic E-state index is 12.0. The molecule has 0 unspecified atom stereocenters. The Bertz CT molecular complexity index is 616. The van der Waals surface area contributed by atoms with Crippen molar-refractivity contribution in [3.05, 3.63) is 24.2 Å². The minimum atomic E-state index is -3.62. The largest absolute Gasteiger partial charge is 0.334 e. The predicted molar refractivity (Wildman–Crippen MR) is 63.0 cm³/mol. The fourth-order valence-electron chi connectivity index (χ4n) is 1.48. The molecule has 0 amide bonds. The number of H-pyrrole nitrogens is 1. The highest BCUT2D eigenvalue weighted by molar-refractivity contribution is 7.89. The van der Waals surface area contributed by atoms with E-state index in [0.29, 0.717) is 18.2 Å². The molecule has 2 heterocycles. The van der Waals surface area contributed by atoms with Crippen LogP contribution in [0.3, 0.4) is 0 Å². The van der Waals surface area contributed by atoms with Crippen LogP contribution in [-0.2, 0) is 23.1 Å². The summed E-state index contributed by atoms with van der Waals surface area (Å²) in [4.78, 5) is 7.85. The van der Waals surface area contributed by atoms with Gasteiger partial charge in [0.25, 0.3) is 10.0 Å². The van der Waals surface area contributed by atoms with Gasteiger partial charge in [-0.3, -0.25) is 5.10 Å². The van der Waals surface area contributed by atoms with E-state index in [4.69, 9.17) is 0 Å². The third-order valence-corrected chi connectivity index (χ3v) is 3.74. The van der Waals surface area contributed by atoms with Crippen LogP contribution in [0.5, 0.6) is 0 Å². The van der Waals surface area contributed by atoms with E-state index in [1.165, 1.54) is 12.5 Å². The lowest BCUT2D eigenvalue weighted by Gasteiger charge is -2.01. The predicted octanol–water partition coefficient (Wildman–Crippen LogP) is -0.192. The summed E-state index contributed by atoms with van der Waals surface area (Å²) >= 11 is 0. The van der Waals surface area contributed by atoms with Gasteiger partial charge in [0.05, 0.1) is 6.54 Å². The van der Waals surface area contributed by atoms with Gasteiger partial charge in [-0.05, 0) is 13.8 Å². The molecule has 2 aromatic rings. The first-order valence-electron chi connectivity index (χ1n) is 5.40. The topological polar surface area (TPSA) is 106 Å². The molecular formula is C9H14N6O2S. The van der Waals surface area contributed by atoms with Gasteiger partial charge in [-0.15, -0.1) is 0 Å².